The second-order valence-electron chi connectivity index (χ2n) is 7.94. The Morgan fingerprint density at radius 2 is 1.93 bits per heavy atom. The fourth-order valence-electron chi connectivity index (χ4n) is 3.73. The fourth-order valence-corrected chi connectivity index (χ4v) is 3.73. The number of nitrogens with one attached hydrogen (secondary N) is 1. The highest BCUT2D eigenvalue weighted by molar-refractivity contribution is 5.94. The summed E-state index contributed by atoms with van der Waals surface area (Å²) in [5.74, 6) is 0.320. The van der Waals surface area contributed by atoms with Crippen LogP contribution in [-0.4, -0.2) is 21.8 Å². The van der Waals surface area contributed by atoms with Crippen molar-refractivity contribution in [1.82, 2.24) is 15.2 Å². The molecule has 146 valence electrons. The summed E-state index contributed by atoms with van der Waals surface area (Å²) < 4.78 is 12.7. The summed E-state index contributed by atoms with van der Waals surface area (Å²) in [6.07, 6.45) is 1.69. The van der Waals surface area contributed by atoms with Crippen LogP contribution in [0.15, 0.2) is 36.5 Å². The summed E-state index contributed by atoms with van der Waals surface area (Å²) in [4.78, 5) is 19.4. The lowest BCUT2D eigenvalue weighted by Crippen LogP contribution is -2.30. The van der Waals surface area contributed by atoms with Gasteiger partial charge >= 0.3 is 0 Å². The predicted octanol–water partition coefficient (Wildman–Crippen LogP) is 4.65. The first-order valence-electron chi connectivity index (χ1n) is 9.56. The summed E-state index contributed by atoms with van der Waals surface area (Å²) in [5, 5.41) is 2.92. The van der Waals surface area contributed by atoms with Gasteiger partial charge in [-0.2, -0.15) is 0 Å². The highest BCUT2D eigenvalue weighted by atomic mass is 19.1. The molecule has 27 heavy (non-hydrogen) atoms. The van der Waals surface area contributed by atoms with Crippen molar-refractivity contribution in [1.29, 1.82) is 0 Å². The number of aromatic nitrogens is 1. The van der Waals surface area contributed by atoms with Gasteiger partial charge in [0.2, 0.25) is 0 Å². The molecule has 0 saturated heterocycles. The lowest BCUT2D eigenvalue weighted by molar-refractivity contribution is 0.0942. The summed E-state index contributed by atoms with van der Waals surface area (Å²) in [6, 6.07) is 9.95. The third kappa shape index (κ3) is 4.35. The topological polar surface area (TPSA) is 45.2 Å². The first kappa shape index (κ1) is 19.5. The normalized spacial score (nSPS) is 16.8. The summed E-state index contributed by atoms with van der Waals surface area (Å²) in [7, 11) is 0. The van der Waals surface area contributed by atoms with Gasteiger partial charge in [0.1, 0.15) is 6.67 Å². The largest absolute Gasteiger partial charge is 0.350 e. The Balaban J connectivity index is 0.00000280. The van der Waals surface area contributed by atoms with Crippen LogP contribution in [-0.2, 0) is 19.8 Å². The lowest BCUT2D eigenvalue weighted by Gasteiger charge is -2.27. The Hall–Kier alpha value is -2.27. The van der Waals surface area contributed by atoms with Crippen LogP contribution in [0.4, 0.5) is 4.39 Å². The standard InChI is InChI=1S/C22H28FN3O.H2/c1-14(2)21-20-19(9-18(11-24-20)22(27)25-15(3)4)13-26(21)12-17-7-5-16(10-23)6-8-17;/h5-9,11,14-15,21H,10,12-13H2,1-4H3,(H,25,27);1H/t21-;/m0./s1. The van der Waals surface area contributed by atoms with Gasteiger partial charge in [-0.05, 0) is 42.5 Å². The van der Waals surface area contributed by atoms with E-state index in [1.165, 1.54) is 0 Å². The number of hydrogen-bond acceptors (Lipinski definition) is 3. The number of fused-ring (bicyclic) bond motifs is 1. The number of hydrogen-bond donors (Lipinski definition) is 1. The van der Waals surface area contributed by atoms with E-state index in [1.807, 2.05) is 44.2 Å². The number of rotatable bonds is 6. The number of alkyl halides is 1. The molecule has 0 spiro atoms. The van der Waals surface area contributed by atoms with Crippen molar-refractivity contribution >= 4 is 5.91 Å². The molecule has 0 fully saturated rings. The van der Waals surface area contributed by atoms with Gasteiger partial charge in [0.25, 0.3) is 5.91 Å². The van der Waals surface area contributed by atoms with E-state index < -0.39 is 6.67 Å². The van der Waals surface area contributed by atoms with Crippen molar-refractivity contribution < 1.29 is 10.6 Å². The average Bonchev–Trinajstić information content (AvgIpc) is 2.98. The van der Waals surface area contributed by atoms with Crippen LogP contribution < -0.4 is 5.32 Å². The molecule has 0 saturated carbocycles. The molecule has 0 radical (unpaired) electrons. The Morgan fingerprint density at radius 1 is 1.26 bits per heavy atom. The molecule has 1 aliphatic heterocycles. The van der Waals surface area contributed by atoms with Crippen LogP contribution in [0.3, 0.4) is 0 Å². The third-order valence-electron chi connectivity index (χ3n) is 4.92. The molecule has 4 nitrogen and oxygen atoms in total. The number of carbonyl (C=O) groups excluding carboxylic acids is 1. The number of amides is 1. The number of carbonyl (C=O) groups is 1. The Morgan fingerprint density at radius 3 is 2.52 bits per heavy atom. The smallest absolute Gasteiger partial charge is 0.253 e. The molecule has 1 aromatic heterocycles. The van der Waals surface area contributed by atoms with Crippen LogP contribution in [0, 0.1) is 5.92 Å². The molecule has 1 aliphatic rings. The van der Waals surface area contributed by atoms with Crippen molar-refractivity contribution in [2.24, 2.45) is 5.92 Å². The Kier molecular flexibility index (Phi) is 5.90. The zero-order valence-electron chi connectivity index (χ0n) is 16.5. The molecule has 3 rings (SSSR count). The molecule has 5 heteroatoms. The van der Waals surface area contributed by atoms with Crippen LogP contribution in [0.1, 0.15) is 67.9 Å². The molecule has 1 N–H and O–H groups in total. The molecule has 1 atom stereocenters. The first-order valence-corrected chi connectivity index (χ1v) is 9.56. The molecule has 1 amide bonds. The lowest BCUT2D eigenvalue weighted by atomic mass is 9.99. The minimum atomic E-state index is -0.435. The van der Waals surface area contributed by atoms with Gasteiger partial charge in [-0.15, -0.1) is 0 Å². The third-order valence-corrected chi connectivity index (χ3v) is 4.92. The van der Waals surface area contributed by atoms with E-state index in [1.54, 1.807) is 6.20 Å². The molecule has 0 unspecified atom stereocenters. The van der Waals surface area contributed by atoms with E-state index in [4.69, 9.17) is 0 Å². The Bertz CT molecular complexity index is 808. The zero-order chi connectivity index (χ0) is 19.6. The summed E-state index contributed by atoms with van der Waals surface area (Å²) in [6.45, 7) is 9.39. The van der Waals surface area contributed by atoms with E-state index in [-0.39, 0.29) is 19.4 Å². The number of benzene rings is 1. The SMILES string of the molecule is CC(C)NC(=O)c1cnc2c(c1)CN(Cc1ccc(CF)cc1)[C@H]2C(C)C.[HH]. The number of halogens is 1. The average molecular weight is 372 g/mol. The molecule has 0 aliphatic carbocycles. The predicted molar refractivity (Wildman–Crippen MR) is 107 cm³/mol. The van der Waals surface area contributed by atoms with Crippen LogP contribution in [0.2, 0.25) is 0 Å². The number of pyridine rings is 1. The van der Waals surface area contributed by atoms with E-state index in [0.717, 1.165) is 29.9 Å². The van der Waals surface area contributed by atoms with Gasteiger partial charge in [-0.1, -0.05) is 38.1 Å². The minimum Gasteiger partial charge on any atom is -0.350 e. The van der Waals surface area contributed by atoms with Gasteiger partial charge in [0.15, 0.2) is 0 Å². The maximum atomic E-state index is 12.7. The maximum Gasteiger partial charge on any atom is 0.253 e. The van der Waals surface area contributed by atoms with Crippen LogP contribution in [0.5, 0.6) is 0 Å². The molecule has 2 aromatic rings. The van der Waals surface area contributed by atoms with Crippen molar-refractivity contribution in [3.63, 3.8) is 0 Å². The minimum absolute atomic E-state index is 0. The second kappa shape index (κ2) is 8.17. The molecular weight excluding hydrogens is 341 g/mol. The first-order chi connectivity index (χ1) is 12.9. The van der Waals surface area contributed by atoms with Gasteiger partial charge in [-0.3, -0.25) is 14.7 Å². The monoisotopic (exact) mass is 371 g/mol. The van der Waals surface area contributed by atoms with Crippen LogP contribution in [0.25, 0.3) is 0 Å². The van der Waals surface area contributed by atoms with Gasteiger partial charge in [-0.25, -0.2) is 4.39 Å². The van der Waals surface area contributed by atoms with E-state index in [2.05, 4.69) is 29.0 Å². The zero-order valence-corrected chi connectivity index (χ0v) is 16.5. The van der Waals surface area contributed by atoms with Gasteiger partial charge < -0.3 is 5.32 Å². The highest BCUT2D eigenvalue weighted by Gasteiger charge is 2.34. The van der Waals surface area contributed by atoms with Crippen molar-refractivity contribution in [2.75, 3.05) is 0 Å². The molecule has 1 aromatic carbocycles. The van der Waals surface area contributed by atoms with Crippen LogP contribution >= 0.6 is 0 Å². The van der Waals surface area contributed by atoms with Crippen molar-refractivity contribution in [2.45, 2.75) is 59.5 Å². The highest BCUT2D eigenvalue weighted by Crippen LogP contribution is 2.38. The van der Waals surface area contributed by atoms with E-state index >= 15 is 0 Å². The fraction of sp³-hybridized carbons (Fsp3) is 0.455. The summed E-state index contributed by atoms with van der Waals surface area (Å²) >= 11 is 0. The maximum absolute atomic E-state index is 12.7. The quantitative estimate of drug-likeness (QED) is 0.804. The van der Waals surface area contributed by atoms with Crippen molar-refractivity contribution in [3.8, 4) is 0 Å². The number of nitrogens with zero attached hydrogens (tertiary/aromatic N) is 2. The van der Waals surface area contributed by atoms with E-state index in [0.29, 0.717) is 17.0 Å². The Labute approximate surface area is 162 Å². The molecule has 0 bridgehead atoms. The second-order valence-corrected chi connectivity index (χ2v) is 7.94. The summed E-state index contributed by atoms with van der Waals surface area (Å²) in [5.41, 5.74) is 4.64. The molecule has 2 heterocycles. The van der Waals surface area contributed by atoms with Crippen molar-refractivity contribution in [3.05, 3.63) is 64.5 Å². The van der Waals surface area contributed by atoms with E-state index in [9.17, 15) is 9.18 Å². The van der Waals surface area contributed by atoms with Gasteiger partial charge in [0, 0.05) is 26.8 Å². The van der Waals surface area contributed by atoms with Gasteiger partial charge in [0.05, 0.1) is 17.3 Å². The molecular formula is C22H30FN3O.